The van der Waals surface area contributed by atoms with Gasteiger partial charge in [0.25, 0.3) is 0 Å². The van der Waals surface area contributed by atoms with Crippen LogP contribution in [0.5, 0.6) is 0 Å². The number of hydrogen-bond donors (Lipinski definition) is 1. The molecule has 0 atom stereocenters. The Hall–Kier alpha value is -0.120. The molecule has 1 aliphatic carbocycles. The third-order valence-corrected chi connectivity index (χ3v) is 3.50. The predicted octanol–water partition coefficient (Wildman–Crippen LogP) is 1.14. The van der Waals surface area contributed by atoms with Crippen LogP contribution in [0.4, 0.5) is 0 Å². The van der Waals surface area contributed by atoms with Crippen LogP contribution in [-0.4, -0.2) is 31.1 Å². The van der Waals surface area contributed by atoms with Gasteiger partial charge in [-0.2, -0.15) is 0 Å². The predicted molar refractivity (Wildman–Crippen MR) is 52.1 cm³/mol. The molecule has 76 valence electrons. The Bertz CT molecular complexity index is 162. The molecule has 1 saturated heterocycles. The maximum atomic E-state index is 5.12. The summed E-state index contributed by atoms with van der Waals surface area (Å²) in [6, 6.07) is 0. The highest BCUT2D eigenvalue weighted by Crippen LogP contribution is 2.48. The summed E-state index contributed by atoms with van der Waals surface area (Å²) in [5.41, 5.74) is 0.470. The van der Waals surface area contributed by atoms with Crippen LogP contribution < -0.4 is 5.90 Å². The van der Waals surface area contributed by atoms with E-state index in [2.05, 4.69) is 4.90 Å². The Morgan fingerprint density at radius 1 is 1.23 bits per heavy atom. The Morgan fingerprint density at radius 2 is 1.92 bits per heavy atom. The van der Waals surface area contributed by atoms with E-state index in [1.54, 1.807) is 0 Å². The third-order valence-electron chi connectivity index (χ3n) is 3.50. The molecular weight excluding hydrogens is 164 g/mol. The molecule has 2 rings (SSSR count). The molecule has 0 aromatic carbocycles. The van der Waals surface area contributed by atoms with Gasteiger partial charge >= 0.3 is 0 Å². The zero-order chi connectivity index (χ0) is 9.15. The van der Waals surface area contributed by atoms with Crippen LogP contribution in [0.1, 0.15) is 32.1 Å². The fraction of sp³-hybridized carbons (Fsp3) is 1.00. The molecule has 0 aromatic heterocycles. The molecule has 3 nitrogen and oxygen atoms in total. The first-order valence-electron chi connectivity index (χ1n) is 5.39. The molecule has 0 amide bonds. The normalized spacial score (nSPS) is 26.5. The lowest BCUT2D eigenvalue weighted by molar-refractivity contribution is 0.0835. The zero-order valence-electron chi connectivity index (χ0n) is 8.30. The number of hydrogen-bond acceptors (Lipinski definition) is 3. The van der Waals surface area contributed by atoms with E-state index in [0.717, 1.165) is 6.61 Å². The number of nitrogens with zero attached hydrogens (tertiary/aromatic N) is 1. The largest absolute Gasteiger partial charge is 0.304 e. The molecule has 1 aliphatic heterocycles. The summed E-state index contributed by atoms with van der Waals surface area (Å²) in [5, 5.41) is 0. The van der Waals surface area contributed by atoms with Gasteiger partial charge in [-0.25, -0.2) is 5.90 Å². The lowest BCUT2D eigenvalue weighted by Gasteiger charge is -2.19. The van der Waals surface area contributed by atoms with Crippen molar-refractivity contribution in [2.24, 2.45) is 11.3 Å². The van der Waals surface area contributed by atoms with Crippen molar-refractivity contribution in [2.75, 3.05) is 26.2 Å². The van der Waals surface area contributed by atoms with E-state index in [-0.39, 0.29) is 0 Å². The van der Waals surface area contributed by atoms with Gasteiger partial charge in [-0.1, -0.05) is 0 Å². The monoisotopic (exact) mass is 184 g/mol. The van der Waals surface area contributed by atoms with E-state index in [1.807, 2.05) is 0 Å². The van der Waals surface area contributed by atoms with Crippen LogP contribution in [0.3, 0.4) is 0 Å². The summed E-state index contributed by atoms with van der Waals surface area (Å²) >= 11 is 0. The maximum Gasteiger partial charge on any atom is 0.0735 e. The van der Waals surface area contributed by atoms with Crippen LogP contribution in [0, 0.1) is 5.41 Å². The fourth-order valence-corrected chi connectivity index (χ4v) is 2.22. The van der Waals surface area contributed by atoms with E-state index >= 15 is 0 Å². The molecule has 2 fully saturated rings. The SMILES string of the molecule is NOCC1(CCN2CCCC2)CC1. The highest BCUT2D eigenvalue weighted by molar-refractivity contribution is 4.93. The minimum Gasteiger partial charge on any atom is -0.304 e. The van der Waals surface area contributed by atoms with Gasteiger partial charge < -0.3 is 9.74 Å². The standard InChI is InChI=1S/C10H20N2O/c11-13-9-10(3-4-10)5-8-12-6-1-2-7-12/h1-9,11H2. The first kappa shape index (κ1) is 9.44. The van der Waals surface area contributed by atoms with E-state index in [4.69, 9.17) is 10.7 Å². The first-order valence-corrected chi connectivity index (χ1v) is 5.39. The van der Waals surface area contributed by atoms with Gasteiger partial charge in [0.2, 0.25) is 0 Å². The quantitative estimate of drug-likeness (QED) is 0.651. The topological polar surface area (TPSA) is 38.5 Å². The summed E-state index contributed by atoms with van der Waals surface area (Å²) in [6.07, 6.45) is 6.70. The Balaban J connectivity index is 1.66. The maximum absolute atomic E-state index is 5.12. The Labute approximate surface area is 80.2 Å². The highest BCUT2D eigenvalue weighted by atomic mass is 16.6. The molecule has 0 bridgehead atoms. The van der Waals surface area contributed by atoms with Gasteiger partial charge in [-0.15, -0.1) is 0 Å². The second kappa shape index (κ2) is 3.95. The van der Waals surface area contributed by atoms with Crippen LogP contribution in [-0.2, 0) is 4.84 Å². The molecular formula is C10H20N2O. The van der Waals surface area contributed by atoms with Crippen molar-refractivity contribution in [2.45, 2.75) is 32.1 Å². The average molecular weight is 184 g/mol. The lowest BCUT2D eigenvalue weighted by Crippen LogP contribution is -2.25. The second-order valence-corrected chi connectivity index (χ2v) is 4.61. The summed E-state index contributed by atoms with van der Waals surface area (Å²) in [5.74, 6) is 5.12. The molecule has 0 spiro atoms. The third kappa shape index (κ3) is 2.42. The second-order valence-electron chi connectivity index (χ2n) is 4.61. The van der Waals surface area contributed by atoms with Crippen molar-refractivity contribution in [3.63, 3.8) is 0 Å². The van der Waals surface area contributed by atoms with Crippen molar-refractivity contribution in [1.29, 1.82) is 0 Å². The van der Waals surface area contributed by atoms with Gasteiger partial charge in [-0.3, -0.25) is 0 Å². The smallest absolute Gasteiger partial charge is 0.0735 e. The van der Waals surface area contributed by atoms with Crippen LogP contribution in [0.2, 0.25) is 0 Å². The van der Waals surface area contributed by atoms with Gasteiger partial charge in [-0.05, 0) is 57.2 Å². The molecule has 0 aromatic rings. The first-order chi connectivity index (χ1) is 6.35. The molecule has 0 unspecified atom stereocenters. The van der Waals surface area contributed by atoms with Crippen molar-refractivity contribution >= 4 is 0 Å². The summed E-state index contributed by atoms with van der Waals surface area (Å²) in [7, 11) is 0. The minimum atomic E-state index is 0.470. The van der Waals surface area contributed by atoms with Crippen molar-refractivity contribution < 1.29 is 4.84 Å². The highest BCUT2D eigenvalue weighted by Gasteiger charge is 2.42. The van der Waals surface area contributed by atoms with Gasteiger partial charge in [0.1, 0.15) is 0 Å². The van der Waals surface area contributed by atoms with E-state index < -0.39 is 0 Å². The van der Waals surface area contributed by atoms with Crippen molar-refractivity contribution in [3.05, 3.63) is 0 Å². The van der Waals surface area contributed by atoms with Crippen molar-refractivity contribution in [1.82, 2.24) is 4.90 Å². The Morgan fingerprint density at radius 3 is 2.46 bits per heavy atom. The Kier molecular flexibility index (Phi) is 2.86. The summed E-state index contributed by atoms with van der Waals surface area (Å²) in [4.78, 5) is 7.33. The van der Waals surface area contributed by atoms with E-state index in [1.165, 1.54) is 51.7 Å². The zero-order valence-corrected chi connectivity index (χ0v) is 8.30. The minimum absolute atomic E-state index is 0.470. The van der Waals surface area contributed by atoms with Crippen LogP contribution in [0.25, 0.3) is 0 Å². The van der Waals surface area contributed by atoms with Gasteiger partial charge in [0.05, 0.1) is 6.61 Å². The molecule has 2 N–H and O–H groups in total. The van der Waals surface area contributed by atoms with Crippen LogP contribution in [0.15, 0.2) is 0 Å². The molecule has 0 radical (unpaired) electrons. The average Bonchev–Trinajstić information content (AvgIpc) is 2.71. The molecule has 1 heterocycles. The van der Waals surface area contributed by atoms with Gasteiger partial charge in [0, 0.05) is 0 Å². The molecule has 3 heteroatoms. The molecule has 2 aliphatic rings. The number of nitrogens with two attached hydrogens (primary N) is 1. The van der Waals surface area contributed by atoms with E-state index in [0.29, 0.717) is 5.41 Å². The van der Waals surface area contributed by atoms with Crippen molar-refractivity contribution in [3.8, 4) is 0 Å². The lowest BCUT2D eigenvalue weighted by atomic mass is 10.0. The van der Waals surface area contributed by atoms with E-state index in [9.17, 15) is 0 Å². The molecule has 1 saturated carbocycles. The number of rotatable bonds is 5. The number of likely N-dealkylation sites (tertiary alicyclic amines) is 1. The summed E-state index contributed by atoms with van der Waals surface area (Å²) < 4.78 is 0. The fourth-order valence-electron chi connectivity index (χ4n) is 2.22. The van der Waals surface area contributed by atoms with Gasteiger partial charge in [0.15, 0.2) is 0 Å². The summed E-state index contributed by atoms with van der Waals surface area (Å²) in [6.45, 7) is 4.63. The van der Waals surface area contributed by atoms with Crippen LogP contribution >= 0.6 is 0 Å². The molecule has 13 heavy (non-hydrogen) atoms.